The molecule has 0 aliphatic carbocycles. The first kappa shape index (κ1) is 7.38. The minimum absolute atomic E-state index is 0.928. The highest BCUT2D eigenvalue weighted by molar-refractivity contribution is 5.78. The van der Waals surface area contributed by atoms with Crippen LogP contribution in [0.2, 0.25) is 0 Å². The van der Waals surface area contributed by atoms with E-state index in [0.717, 1.165) is 22.4 Å². The Labute approximate surface area is 80.8 Å². The molecule has 0 aliphatic rings. The first-order valence-corrected chi connectivity index (χ1v) is 4.51. The van der Waals surface area contributed by atoms with Crippen molar-refractivity contribution in [3.8, 4) is 11.4 Å². The number of fused-ring (bicyclic) bond motifs is 1. The van der Waals surface area contributed by atoms with Crippen LogP contribution in [0, 0.1) is 0 Å². The number of aromatic nitrogens is 3. The maximum atomic E-state index is 4.49. The predicted octanol–water partition coefficient (Wildman–Crippen LogP) is 2.56. The summed E-state index contributed by atoms with van der Waals surface area (Å²) in [6.07, 6.45) is 3.80. The average Bonchev–Trinajstić information content (AvgIpc) is 2.88. The van der Waals surface area contributed by atoms with Crippen LogP contribution in [0.3, 0.4) is 0 Å². The topological polar surface area (TPSA) is 44.5 Å². The summed E-state index contributed by atoms with van der Waals surface area (Å²) in [6.45, 7) is 0. The van der Waals surface area contributed by atoms with Gasteiger partial charge in [0.1, 0.15) is 5.65 Å². The summed E-state index contributed by atoms with van der Waals surface area (Å²) in [7, 11) is 0. The van der Waals surface area contributed by atoms with Crippen molar-refractivity contribution < 1.29 is 0 Å². The van der Waals surface area contributed by atoms with Crippen molar-refractivity contribution in [3.05, 3.63) is 42.7 Å². The van der Waals surface area contributed by atoms with E-state index in [1.165, 1.54) is 0 Å². The molecule has 3 rings (SSSR count). The lowest BCUT2D eigenvalue weighted by molar-refractivity contribution is 1.29. The van der Waals surface area contributed by atoms with E-state index in [2.05, 4.69) is 21.0 Å². The Morgan fingerprint density at radius 3 is 2.79 bits per heavy atom. The summed E-state index contributed by atoms with van der Waals surface area (Å²) in [5.41, 5.74) is 2.93. The van der Waals surface area contributed by atoms with Crippen molar-refractivity contribution in [3.63, 3.8) is 0 Å². The van der Waals surface area contributed by atoms with Crippen LogP contribution in [0.1, 0.15) is 0 Å². The second-order valence-corrected chi connectivity index (χ2v) is 3.20. The van der Waals surface area contributed by atoms with Crippen molar-refractivity contribution in [1.29, 1.82) is 0 Å². The van der Waals surface area contributed by atoms with E-state index >= 15 is 0 Å². The van der Waals surface area contributed by atoms with Gasteiger partial charge in [-0.1, -0.05) is 0 Å². The van der Waals surface area contributed by atoms with Gasteiger partial charge in [0.05, 0.1) is 11.4 Å². The van der Waals surface area contributed by atoms with Crippen LogP contribution < -0.4 is 0 Å². The van der Waals surface area contributed by atoms with E-state index in [-0.39, 0.29) is 0 Å². The van der Waals surface area contributed by atoms with Crippen molar-refractivity contribution in [2.24, 2.45) is 0 Å². The molecule has 68 valence electrons. The minimum atomic E-state index is 0.928. The lowest BCUT2D eigenvalue weighted by atomic mass is 10.2. The molecule has 3 heteroatoms. The van der Waals surface area contributed by atoms with Crippen LogP contribution >= 0.6 is 0 Å². The largest absolute Gasteiger partial charge is 0.360 e. The van der Waals surface area contributed by atoms with E-state index in [4.69, 9.17) is 0 Å². The molecule has 0 amide bonds. The predicted molar refractivity (Wildman–Crippen MR) is 55.9 cm³/mol. The van der Waals surface area contributed by atoms with Crippen LogP contribution in [0.5, 0.6) is 0 Å². The Hall–Kier alpha value is -2.03. The monoisotopic (exact) mass is 183 g/mol. The summed E-state index contributed by atoms with van der Waals surface area (Å²) < 4.78 is 0. The smallest absolute Gasteiger partial charge is 0.138 e. The lowest BCUT2D eigenvalue weighted by Gasteiger charge is -1.96. The minimum Gasteiger partial charge on any atom is -0.360 e. The Morgan fingerprint density at radius 2 is 1.93 bits per heavy atom. The van der Waals surface area contributed by atoms with E-state index in [9.17, 15) is 0 Å². The Bertz CT molecular complexity index is 549. The van der Waals surface area contributed by atoms with Gasteiger partial charge < -0.3 is 9.97 Å². The summed E-state index contributed by atoms with van der Waals surface area (Å²) >= 11 is 0. The van der Waals surface area contributed by atoms with Gasteiger partial charge in [-0.05, 0) is 30.3 Å². The van der Waals surface area contributed by atoms with Crippen molar-refractivity contribution in [2.75, 3.05) is 0 Å². The molecule has 2 N–H and O–H groups in total. The third-order valence-electron chi connectivity index (χ3n) is 2.28. The maximum Gasteiger partial charge on any atom is 0.138 e. The summed E-state index contributed by atoms with van der Waals surface area (Å²) in [5, 5.41) is 1.14. The van der Waals surface area contributed by atoms with Crippen LogP contribution in [0.4, 0.5) is 0 Å². The van der Waals surface area contributed by atoms with Crippen molar-refractivity contribution in [1.82, 2.24) is 15.0 Å². The quantitative estimate of drug-likeness (QED) is 0.598. The molecule has 0 aromatic carbocycles. The first-order valence-electron chi connectivity index (χ1n) is 4.51. The van der Waals surface area contributed by atoms with E-state index in [0.29, 0.717) is 0 Å². The van der Waals surface area contributed by atoms with Gasteiger partial charge in [0, 0.05) is 17.8 Å². The molecule has 3 aromatic heterocycles. The van der Waals surface area contributed by atoms with Gasteiger partial charge in [-0.25, -0.2) is 4.98 Å². The zero-order valence-electron chi connectivity index (χ0n) is 7.49. The standard InChI is InChI=1S/C11H9N3/c1-2-9(12-6-1)10-4-3-8-5-7-13-11(8)14-10/h1-7,12H,(H,13,14). The van der Waals surface area contributed by atoms with Crippen LogP contribution in [-0.4, -0.2) is 15.0 Å². The Balaban J connectivity index is 2.23. The zero-order chi connectivity index (χ0) is 9.38. The van der Waals surface area contributed by atoms with Gasteiger partial charge in [0.15, 0.2) is 0 Å². The van der Waals surface area contributed by atoms with Crippen molar-refractivity contribution in [2.45, 2.75) is 0 Å². The number of nitrogens with one attached hydrogen (secondary N) is 2. The van der Waals surface area contributed by atoms with Crippen LogP contribution in [0.15, 0.2) is 42.7 Å². The van der Waals surface area contributed by atoms with Crippen molar-refractivity contribution >= 4 is 11.0 Å². The lowest BCUT2D eigenvalue weighted by Crippen LogP contribution is -1.83. The molecular weight excluding hydrogens is 174 g/mol. The molecule has 3 aromatic rings. The molecule has 0 fully saturated rings. The fourth-order valence-electron chi connectivity index (χ4n) is 1.57. The van der Waals surface area contributed by atoms with E-state index in [1.54, 1.807) is 0 Å². The molecule has 3 nitrogen and oxygen atoms in total. The number of H-pyrrole nitrogens is 2. The first-order chi connectivity index (χ1) is 6.93. The van der Waals surface area contributed by atoms with E-state index < -0.39 is 0 Å². The molecule has 0 saturated heterocycles. The van der Waals surface area contributed by atoms with Gasteiger partial charge in [-0.15, -0.1) is 0 Å². The summed E-state index contributed by atoms with van der Waals surface area (Å²) in [6, 6.07) is 10.1. The third-order valence-corrected chi connectivity index (χ3v) is 2.28. The molecule has 0 unspecified atom stereocenters. The molecule has 0 bridgehead atoms. The fraction of sp³-hybridized carbons (Fsp3) is 0. The zero-order valence-corrected chi connectivity index (χ0v) is 7.49. The van der Waals surface area contributed by atoms with Gasteiger partial charge in [0.25, 0.3) is 0 Å². The summed E-state index contributed by atoms with van der Waals surface area (Å²) in [5.74, 6) is 0. The number of hydrogen-bond acceptors (Lipinski definition) is 1. The van der Waals surface area contributed by atoms with E-state index in [1.807, 2.05) is 36.7 Å². The van der Waals surface area contributed by atoms with Crippen LogP contribution in [0.25, 0.3) is 22.4 Å². The highest BCUT2D eigenvalue weighted by atomic mass is 14.9. The second kappa shape index (κ2) is 2.73. The Morgan fingerprint density at radius 1 is 0.929 bits per heavy atom. The molecular formula is C11H9N3. The number of rotatable bonds is 1. The van der Waals surface area contributed by atoms with Gasteiger partial charge in [0.2, 0.25) is 0 Å². The molecule has 3 heterocycles. The number of pyridine rings is 1. The third kappa shape index (κ3) is 1.03. The molecule has 0 saturated carbocycles. The fourth-order valence-corrected chi connectivity index (χ4v) is 1.57. The maximum absolute atomic E-state index is 4.49. The number of nitrogens with zero attached hydrogens (tertiary/aromatic N) is 1. The van der Waals surface area contributed by atoms with Crippen LogP contribution in [-0.2, 0) is 0 Å². The molecule has 14 heavy (non-hydrogen) atoms. The molecule has 0 aliphatic heterocycles. The molecule has 0 spiro atoms. The molecule has 0 atom stereocenters. The van der Waals surface area contributed by atoms with Gasteiger partial charge >= 0.3 is 0 Å². The SMILES string of the molecule is c1c[nH]c(-c2ccc3cc[nH]c3n2)c1. The Kier molecular flexibility index (Phi) is 1.44. The normalized spacial score (nSPS) is 10.9. The molecule has 0 radical (unpaired) electrons. The van der Waals surface area contributed by atoms with Gasteiger partial charge in [-0.3, -0.25) is 0 Å². The highest BCUT2D eigenvalue weighted by Crippen LogP contribution is 2.18. The number of hydrogen-bond donors (Lipinski definition) is 2. The summed E-state index contributed by atoms with van der Waals surface area (Å²) in [4.78, 5) is 10.7. The number of aromatic amines is 2. The average molecular weight is 183 g/mol. The van der Waals surface area contributed by atoms with Gasteiger partial charge in [-0.2, -0.15) is 0 Å². The second-order valence-electron chi connectivity index (χ2n) is 3.20. The highest BCUT2D eigenvalue weighted by Gasteiger charge is 2.01.